The number of benzene rings is 1. The molecule has 1 amide bonds. The molecule has 0 aliphatic heterocycles. The molecule has 0 fully saturated rings. The highest BCUT2D eigenvalue weighted by molar-refractivity contribution is 8.13. The zero-order valence-corrected chi connectivity index (χ0v) is 12.9. The smallest absolute Gasteiger partial charge is 0.261 e. The van der Waals surface area contributed by atoms with Crippen molar-refractivity contribution in [2.24, 2.45) is 0 Å². The molecule has 106 valence electrons. The molecule has 1 aromatic rings. The van der Waals surface area contributed by atoms with Gasteiger partial charge in [-0.15, -0.1) is 0 Å². The molecule has 4 nitrogen and oxygen atoms in total. The van der Waals surface area contributed by atoms with Crippen LogP contribution in [0.15, 0.2) is 23.1 Å². The predicted octanol–water partition coefficient (Wildman–Crippen LogP) is 2.79. The lowest BCUT2D eigenvalue weighted by Crippen LogP contribution is -2.31. The molecule has 0 N–H and O–H groups in total. The van der Waals surface area contributed by atoms with Crippen molar-refractivity contribution >= 4 is 25.6 Å². The molecule has 0 spiro atoms. The number of carbonyl (C=O) groups excluding carboxylic acids is 1. The lowest BCUT2D eigenvalue weighted by atomic mass is 10.1. The van der Waals surface area contributed by atoms with E-state index in [2.05, 4.69) is 0 Å². The van der Waals surface area contributed by atoms with Crippen LogP contribution in [0.3, 0.4) is 0 Å². The maximum absolute atomic E-state index is 12.3. The Morgan fingerprint density at radius 1 is 1.26 bits per heavy atom. The third kappa shape index (κ3) is 4.21. The van der Waals surface area contributed by atoms with E-state index in [0.717, 1.165) is 6.42 Å². The maximum Gasteiger partial charge on any atom is 0.261 e. The van der Waals surface area contributed by atoms with Crippen LogP contribution in [0.4, 0.5) is 0 Å². The molecular formula is C13H18ClNO3S. The van der Waals surface area contributed by atoms with E-state index in [9.17, 15) is 13.2 Å². The second-order valence-corrected chi connectivity index (χ2v) is 6.92. The van der Waals surface area contributed by atoms with E-state index >= 15 is 0 Å². The van der Waals surface area contributed by atoms with Crippen LogP contribution in [0.5, 0.6) is 0 Å². The second kappa shape index (κ2) is 6.39. The topological polar surface area (TPSA) is 54.5 Å². The largest absolute Gasteiger partial charge is 0.339 e. The fourth-order valence-electron chi connectivity index (χ4n) is 1.87. The molecular weight excluding hydrogens is 286 g/mol. The Bertz CT molecular complexity index is 569. The van der Waals surface area contributed by atoms with E-state index < -0.39 is 9.05 Å². The summed E-state index contributed by atoms with van der Waals surface area (Å²) in [4.78, 5) is 13.9. The first-order chi connectivity index (χ1) is 8.79. The molecule has 0 radical (unpaired) electrons. The van der Waals surface area contributed by atoms with E-state index in [-0.39, 0.29) is 10.8 Å². The van der Waals surface area contributed by atoms with Crippen molar-refractivity contribution in [3.05, 3.63) is 29.3 Å². The number of aryl methyl sites for hydroxylation is 1. The lowest BCUT2D eigenvalue weighted by Gasteiger charge is -2.20. The minimum Gasteiger partial charge on any atom is -0.339 e. The van der Waals surface area contributed by atoms with Gasteiger partial charge in [0.25, 0.3) is 15.0 Å². The van der Waals surface area contributed by atoms with Crippen LogP contribution < -0.4 is 0 Å². The van der Waals surface area contributed by atoms with E-state index in [4.69, 9.17) is 10.7 Å². The van der Waals surface area contributed by atoms with Crippen LogP contribution in [0.1, 0.15) is 36.2 Å². The molecule has 0 atom stereocenters. The Labute approximate surface area is 118 Å². The van der Waals surface area contributed by atoms with Gasteiger partial charge in [-0.25, -0.2) is 8.42 Å². The number of carbonyl (C=O) groups is 1. The van der Waals surface area contributed by atoms with Gasteiger partial charge in [-0.05, 0) is 44.0 Å². The summed E-state index contributed by atoms with van der Waals surface area (Å²) in [6.45, 7) is 6.84. The first-order valence-corrected chi connectivity index (χ1v) is 8.46. The monoisotopic (exact) mass is 303 g/mol. The minimum absolute atomic E-state index is 0.0370. The van der Waals surface area contributed by atoms with Crippen molar-refractivity contribution < 1.29 is 13.2 Å². The first-order valence-electron chi connectivity index (χ1n) is 6.15. The van der Waals surface area contributed by atoms with Crippen LogP contribution in [0.2, 0.25) is 0 Å². The normalized spacial score (nSPS) is 11.4. The van der Waals surface area contributed by atoms with Crippen LogP contribution in [0, 0.1) is 6.92 Å². The van der Waals surface area contributed by atoms with Gasteiger partial charge in [-0.2, -0.15) is 0 Å². The van der Waals surface area contributed by atoms with Gasteiger partial charge in [-0.3, -0.25) is 4.79 Å². The lowest BCUT2D eigenvalue weighted by molar-refractivity contribution is 0.0764. The summed E-state index contributed by atoms with van der Waals surface area (Å²) >= 11 is 0. The number of amides is 1. The zero-order chi connectivity index (χ0) is 14.6. The Balaban J connectivity index is 3.20. The number of hydrogen-bond acceptors (Lipinski definition) is 3. The van der Waals surface area contributed by atoms with Crippen molar-refractivity contribution in [2.45, 2.75) is 32.1 Å². The molecule has 0 saturated heterocycles. The summed E-state index contributed by atoms with van der Waals surface area (Å²) in [5, 5.41) is 0. The molecule has 0 heterocycles. The van der Waals surface area contributed by atoms with Gasteiger partial charge in [0.2, 0.25) is 0 Å². The molecule has 0 aliphatic rings. The quantitative estimate of drug-likeness (QED) is 0.786. The van der Waals surface area contributed by atoms with Gasteiger partial charge >= 0.3 is 0 Å². The molecule has 0 aromatic heterocycles. The van der Waals surface area contributed by atoms with Gasteiger partial charge in [-0.1, -0.05) is 6.92 Å². The summed E-state index contributed by atoms with van der Waals surface area (Å²) in [6.07, 6.45) is 0.853. The fourth-order valence-corrected chi connectivity index (χ4v) is 2.73. The number of rotatable bonds is 5. The van der Waals surface area contributed by atoms with Gasteiger partial charge in [0.1, 0.15) is 0 Å². The van der Waals surface area contributed by atoms with Gasteiger partial charge < -0.3 is 4.90 Å². The highest BCUT2D eigenvalue weighted by atomic mass is 35.7. The van der Waals surface area contributed by atoms with Crippen LogP contribution in [-0.2, 0) is 9.05 Å². The Morgan fingerprint density at radius 3 is 2.37 bits per heavy atom. The average Bonchev–Trinajstić information content (AvgIpc) is 2.33. The molecule has 1 rings (SSSR count). The SMILES string of the molecule is CCCN(CC)C(=O)c1cc(C)cc(S(=O)(=O)Cl)c1. The molecule has 0 bridgehead atoms. The van der Waals surface area contributed by atoms with E-state index in [0.29, 0.717) is 24.2 Å². The van der Waals surface area contributed by atoms with Crippen molar-refractivity contribution in [2.75, 3.05) is 13.1 Å². The summed E-state index contributed by atoms with van der Waals surface area (Å²) in [6, 6.07) is 4.46. The second-order valence-electron chi connectivity index (χ2n) is 4.36. The predicted molar refractivity (Wildman–Crippen MR) is 76.1 cm³/mol. The first kappa shape index (κ1) is 16.0. The molecule has 1 aromatic carbocycles. The van der Waals surface area contributed by atoms with Gasteiger partial charge in [0.15, 0.2) is 0 Å². The van der Waals surface area contributed by atoms with Gasteiger partial charge in [0, 0.05) is 29.3 Å². The number of hydrogen-bond donors (Lipinski definition) is 0. The summed E-state index contributed by atoms with van der Waals surface area (Å²) in [7, 11) is 1.50. The fraction of sp³-hybridized carbons (Fsp3) is 0.462. The van der Waals surface area contributed by atoms with E-state index in [1.807, 2.05) is 13.8 Å². The molecule has 6 heteroatoms. The summed E-state index contributed by atoms with van der Waals surface area (Å²) in [5.41, 5.74) is 1.05. The number of nitrogens with zero attached hydrogens (tertiary/aromatic N) is 1. The molecule has 0 unspecified atom stereocenters. The highest BCUT2D eigenvalue weighted by Crippen LogP contribution is 2.20. The minimum atomic E-state index is -3.82. The number of halogens is 1. The Morgan fingerprint density at radius 2 is 1.89 bits per heavy atom. The maximum atomic E-state index is 12.3. The molecule has 0 aliphatic carbocycles. The third-order valence-electron chi connectivity index (χ3n) is 2.74. The van der Waals surface area contributed by atoms with Crippen LogP contribution in [-0.4, -0.2) is 32.3 Å². The third-order valence-corrected chi connectivity index (χ3v) is 4.08. The summed E-state index contributed by atoms with van der Waals surface area (Å²) in [5.74, 6) is -0.172. The van der Waals surface area contributed by atoms with Crippen molar-refractivity contribution in [1.82, 2.24) is 4.90 Å². The van der Waals surface area contributed by atoms with Crippen LogP contribution >= 0.6 is 10.7 Å². The average molecular weight is 304 g/mol. The highest BCUT2D eigenvalue weighted by Gasteiger charge is 2.18. The standard InChI is InChI=1S/C13H18ClNO3S/c1-4-6-15(5-2)13(16)11-7-10(3)8-12(9-11)19(14,17)18/h7-9H,4-6H2,1-3H3. The van der Waals surface area contributed by atoms with Crippen LogP contribution in [0.25, 0.3) is 0 Å². The van der Waals surface area contributed by atoms with E-state index in [1.54, 1.807) is 17.9 Å². The Hall–Kier alpha value is -1.07. The Kier molecular flexibility index (Phi) is 5.38. The van der Waals surface area contributed by atoms with E-state index in [1.165, 1.54) is 12.1 Å². The van der Waals surface area contributed by atoms with Crippen molar-refractivity contribution in [3.63, 3.8) is 0 Å². The zero-order valence-electron chi connectivity index (χ0n) is 11.3. The molecule has 0 saturated carbocycles. The molecule has 19 heavy (non-hydrogen) atoms. The van der Waals surface area contributed by atoms with Crippen molar-refractivity contribution in [1.29, 1.82) is 0 Å². The van der Waals surface area contributed by atoms with Crippen molar-refractivity contribution in [3.8, 4) is 0 Å². The summed E-state index contributed by atoms with van der Waals surface area (Å²) < 4.78 is 22.7. The van der Waals surface area contributed by atoms with Gasteiger partial charge in [0.05, 0.1) is 4.90 Å².